The van der Waals surface area contributed by atoms with Gasteiger partial charge in [-0.05, 0) is 36.8 Å². The van der Waals surface area contributed by atoms with Crippen molar-refractivity contribution in [3.63, 3.8) is 0 Å². The molecule has 0 unspecified atom stereocenters. The second-order valence-corrected chi connectivity index (χ2v) is 9.18. The van der Waals surface area contributed by atoms with E-state index >= 15 is 0 Å². The van der Waals surface area contributed by atoms with Gasteiger partial charge in [-0.15, -0.1) is 0 Å². The average Bonchev–Trinajstić information content (AvgIpc) is 2.86. The van der Waals surface area contributed by atoms with Gasteiger partial charge in [-0.2, -0.15) is 0 Å². The first-order chi connectivity index (χ1) is 16.9. The van der Waals surface area contributed by atoms with E-state index < -0.39 is 0 Å². The summed E-state index contributed by atoms with van der Waals surface area (Å²) in [5, 5.41) is 3.79. The van der Waals surface area contributed by atoms with E-state index in [0.717, 1.165) is 11.1 Å². The molecule has 0 radical (unpaired) electrons. The molecular formula is C27H26N4O3S. The fraction of sp³-hybridized carbons (Fsp3) is 0.185. The number of likely N-dealkylation sites (N-methyl/N-ethyl adjacent to an activating group) is 1. The number of carbonyl (C=O) groups excluding carboxylic acids is 2. The van der Waals surface area contributed by atoms with Gasteiger partial charge in [0.25, 0.3) is 5.56 Å². The molecule has 0 aliphatic carbocycles. The van der Waals surface area contributed by atoms with Gasteiger partial charge in [-0.25, -0.2) is 4.98 Å². The van der Waals surface area contributed by atoms with Crippen molar-refractivity contribution in [3.05, 3.63) is 100 Å². The maximum Gasteiger partial charge on any atom is 0.262 e. The summed E-state index contributed by atoms with van der Waals surface area (Å²) in [6.45, 7) is 2.25. The van der Waals surface area contributed by atoms with Crippen LogP contribution in [0.1, 0.15) is 11.1 Å². The minimum Gasteiger partial charge on any atom is -0.336 e. The Morgan fingerprint density at radius 3 is 2.40 bits per heavy atom. The fourth-order valence-corrected chi connectivity index (χ4v) is 4.48. The Hall–Kier alpha value is -3.91. The van der Waals surface area contributed by atoms with Gasteiger partial charge in [-0.3, -0.25) is 19.0 Å². The van der Waals surface area contributed by atoms with E-state index in [0.29, 0.717) is 28.3 Å². The number of para-hydroxylation sites is 1. The number of benzene rings is 3. The Bertz CT molecular complexity index is 1400. The number of hydrogen-bond donors (Lipinski definition) is 1. The summed E-state index contributed by atoms with van der Waals surface area (Å²) in [6.07, 6.45) is 0. The van der Waals surface area contributed by atoms with Crippen LogP contribution in [0.4, 0.5) is 5.69 Å². The Morgan fingerprint density at radius 2 is 1.66 bits per heavy atom. The lowest BCUT2D eigenvalue weighted by molar-refractivity contribution is -0.131. The summed E-state index contributed by atoms with van der Waals surface area (Å²) >= 11 is 1.19. The van der Waals surface area contributed by atoms with Crippen molar-refractivity contribution in [1.29, 1.82) is 0 Å². The Kier molecular flexibility index (Phi) is 7.62. The first-order valence-electron chi connectivity index (χ1n) is 11.2. The number of nitrogens with one attached hydrogen (secondary N) is 1. The van der Waals surface area contributed by atoms with Crippen LogP contribution in [-0.2, 0) is 16.1 Å². The largest absolute Gasteiger partial charge is 0.336 e. The maximum absolute atomic E-state index is 13.2. The quantitative estimate of drug-likeness (QED) is 0.301. The van der Waals surface area contributed by atoms with Crippen LogP contribution in [0.2, 0.25) is 0 Å². The normalized spacial score (nSPS) is 10.8. The van der Waals surface area contributed by atoms with Gasteiger partial charge in [0, 0.05) is 12.7 Å². The van der Waals surface area contributed by atoms with E-state index in [2.05, 4.69) is 10.3 Å². The number of thioether (sulfide) groups is 1. The number of carbonyl (C=O) groups is 2. The molecule has 0 aliphatic rings. The molecule has 7 nitrogen and oxygen atoms in total. The molecule has 8 heteroatoms. The zero-order valence-electron chi connectivity index (χ0n) is 19.6. The third-order valence-electron chi connectivity index (χ3n) is 5.48. The van der Waals surface area contributed by atoms with Crippen molar-refractivity contribution in [1.82, 2.24) is 14.5 Å². The van der Waals surface area contributed by atoms with Crippen molar-refractivity contribution < 1.29 is 9.59 Å². The number of aromatic nitrogens is 2. The molecular weight excluding hydrogens is 460 g/mol. The molecule has 1 N–H and O–H groups in total. The minimum atomic E-state index is -0.278. The van der Waals surface area contributed by atoms with Crippen LogP contribution >= 0.6 is 11.8 Å². The monoisotopic (exact) mass is 486 g/mol. The average molecular weight is 487 g/mol. The standard InChI is InChI=1S/C27H26N4O3S/c1-19-12-14-21(15-13-19)28-24(32)17-30(2)25(33)18-35-27-29-23-11-7-6-10-22(23)26(34)31(27)16-20-8-4-3-5-9-20/h3-15H,16-18H2,1-2H3,(H,28,32). The van der Waals surface area contributed by atoms with Crippen LogP contribution in [0, 0.1) is 6.92 Å². The highest BCUT2D eigenvalue weighted by molar-refractivity contribution is 7.99. The number of amides is 2. The van der Waals surface area contributed by atoms with Crippen molar-refractivity contribution >= 4 is 40.2 Å². The summed E-state index contributed by atoms with van der Waals surface area (Å²) in [5.74, 6) is -0.462. The van der Waals surface area contributed by atoms with Crippen LogP contribution in [0.3, 0.4) is 0 Å². The van der Waals surface area contributed by atoms with Crippen LogP contribution in [0.25, 0.3) is 10.9 Å². The SMILES string of the molecule is Cc1ccc(NC(=O)CN(C)C(=O)CSc2nc3ccccc3c(=O)n2Cc2ccccc2)cc1. The smallest absolute Gasteiger partial charge is 0.262 e. The summed E-state index contributed by atoms with van der Waals surface area (Å²) in [7, 11) is 1.59. The number of rotatable bonds is 8. The van der Waals surface area contributed by atoms with E-state index in [1.807, 2.05) is 73.7 Å². The zero-order chi connectivity index (χ0) is 24.8. The van der Waals surface area contributed by atoms with Gasteiger partial charge in [-0.1, -0.05) is 71.9 Å². The number of fused-ring (bicyclic) bond motifs is 1. The highest BCUT2D eigenvalue weighted by atomic mass is 32.2. The molecule has 3 aromatic carbocycles. The van der Waals surface area contributed by atoms with Crippen molar-refractivity contribution in [2.75, 3.05) is 24.7 Å². The fourth-order valence-electron chi connectivity index (χ4n) is 3.54. The third-order valence-corrected chi connectivity index (χ3v) is 6.44. The molecule has 178 valence electrons. The molecule has 2 amide bonds. The van der Waals surface area contributed by atoms with Crippen molar-refractivity contribution in [2.24, 2.45) is 0 Å². The molecule has 0 saturated carbocycles. The molecule has 0 atom stereocenters. The van der Waals surface area contributed by atoms with Crippen LogP contribution < -0.4 is 10.9 Å². The number of aryl methyl sites for hydroxylation is 1. The molecule has 4 aromatic rings. The van der Waals surface area contributed by atoms with E-state index in [4.69, 9.17) is 0 Å². The molecule has 0 aliphatic heterocycles. The van der Waals surface area contributed by atoms with Crippen molar-refractivity contribution in [3.8, 4) is 0 Å². The zero-order valence-corrected chi connectivity index (χ0v) is 20.4. The van der Waals surface area contributed by atoms with Crippen LogP contribution in [-0.4, -0.2) is 45.6 Å². The van der Waals surface area contributed by atoms with Crippen LogP contribution in [0.15, 0.2) is 88.8 Å². The summed E-state index contributed by atoms with van der Waals surface area (Å²) < 4.78 is 1.60. The van der Waals surface area contributed by atoms with Gasteiger partial charge in [0.1, 0.15) is 0 Å². The second-order valence-electron chi connectivity index (χ2n) is 8.24. The van der Waals surface area contributed by atoms with Gasteiger partial charge in [0.2, 0.25) is 11.8 Å². The second kappa shape index (κ2) is 11.0. The van der Waals surface area contributed by atoms with E-state index in [9.17, 15) is 14.4 Å². The van der Waals surface area contributed by atoms with Gasteiger partial charge in [0.05, 0.1) is 29.7 Å². The molecule has 1 heterocycles. The van der Waals surface area contributed by atoms with E-state index in [1.54, 1.807) is 23.7 Å². The van der Waals surface area contributed by atoms with E-state index in [1.165, 1.54) is 16.7 Å². The Balaban J connectivity index is 1.46. The topological polar surface area (TPSA) is 84.3 Å². The summed E-state index contributed by atoms with van der Waals surface area (Å²) in [6, 6.07) is 24.3. The highest BCUT2D eigenvalue weighted by Crippen LogP contribution is 2.19. The lowest BCUT2D eigenvalue weighted by Gasteiger charge is -2.18. The number of anilines is 1. The van der Waals surface area contributed by atoms with Gasteiger partial charge in [0.15, 0.2) is 5.16 Å². The molecule has 0 spiro atoms. The van der Waals surface area contributed by atoms with Crippen molar-refractivity contribution in [2.45, 2.75) is 18.6 Å². The van der Waals surface area contributed by atoms with E-state index in [-0.39, 0.29) is 29.7 Å². The van der Waals surface area contributed by atoms with Gasteiger partial charge >= 0.3 is 0 Å². The van der Waals surface area contributed by atoms with Gasteiger partial charge < -0.3 is 10.2 Å². The number of hydrogen-bond acceptors (Lipinski definition) is 5. The Morgan fingerprint density at radius 1 is 0.971 bits per heavy atom. The number of nitrogens with zero attached hydrogens (tertiary/aromatic N) is 3. The lowest BCUT2D eigenvalue weighted by Crippen LogP contribution is -2.36. The predicted molar refractivity (Wildman–Crippen MR) is 140 cm³/mol. The first-order valence-corrected chi connectivity index (χ1v) is 12.2. The Labute approximate surface area is 207 Å². The molecule has 0 bridgehead atoms. The molecule has 4 rings (SSSR count). The molecule has 0 saturated heterocycles. The summed E-state index contributed by atoms with van der Waals surface area (Å²) in [5.41, 5.74) is 3.18. The molecule has 35 heavy (non-hydrogen) atoms. The first kappa shape index (κ1) is 24.2. The third kappa shape index (κ3) is 6.16. The maximum atomic E-state index is 13.2. The summed E-state index contributed by atoms with van der Waals surface area (Å²) in [4.78, 5) is 44.4. The lowest BCUT2D eigenvalue weighted by atomic mass is 10.2. The molecule has 0 fully saturated rings. The molecule has 1 aromatic heterocycles. The highest BCUT2D eigenvalue weighted by Gasteiger charge is 2.17. The minimum absolute atomic E-state index is 0.0495. The predicted octanol–water partition coefficient (Wildman–Crippen LogP) is 3.94. The van der Waals surface area contributed by atoms with Crippen LogP contribution in [0.5, 0.6) is 0 Å².